The third-order valence-electron chi connectivity index (χ3n) is 2.79. The van der Waals surface area contributed by atoms with Crippen molar-refractivity contribution in [3.63, 3.8) is 0 Å². The van der Waals surface area contributed by atoms with Gasteiger partial charge in [-0.2, -0.15) is 0 Å². The van der Waals surface area contributed by atoms with Crippen LogP contribution >= 0.6 is 0 Å². The number of rotatable bonds is 1. The van der Waals surface area contributed by atoms with Crippen molar-refractivity contribution in [2.45, 2.75) is 39.0 Å². The number of aromatic nitrogens is 1. The highest BCUT2D eigenvalue weighted by molar-refractivity contribution is 5.30. The summed E-state index contributed by atoms with van der Waals surface area (Å²) < 4.78 is 0. The maximum atomic E-state index is 4.61. The molecule has 1 aromatic heterocycles. The van der Waals surface area contributed by atoms with Gasteiger partial charge in [-0.05, 0) is 37.8 Å². The second-order valence-electron chi connectivity index (χ2n) is 3.64. The maximum absolute atomic E-state index is 4.61. The molecule has 12 heavy (non-hydrogen) atoms. The fourth-order valence-corrected chi connectivity index (χ4v) is 2.03. The number of hydrogen-bond donors (Lipinski definition) is 0. The summed E-state index contributed by atoms with van der Waals surface area (Å²) in [6, 6.07) is 4.37. The monoisotopic (exact) mass is 161 g/mol. The van der Waals surface area contributed by atoms with Crippen molar-refractivity contribution in [3.05, 3.63) is 29.1 Å². The summed E-state index contributed by atoms with van der Waals surface area (Å²) in [4.78, 5) is 4.61. The molecule has 1 atom stereocenters. The molecule has 0 spiro atoms. The number of nitrogens with zero attached hydrogens (tertiary/aromatic N) is 1. The third-order valence-corrected chi connectivity index (χ3v) is 2.79. The van der Waals surface area contributed by atoms with Crippen molar-refractivity contribution in [2.24, 2.45) is 0 Å². The number of pyridine rings is 1. The third kappa shape index (κ3) is 1.13. The largest absolute Gasteiger partial charge is 0.258 e. The Labute approximate surface area is 73.8 Å². The van der Waals surface area contributed by atoms with Gasteiger partial charge in [0.2, 0.25) is 0 Å². The first-order valence-corrected chi connectivity index (χ1v) is 4.77. The molecule has 1 aromatic rings. The van der Waals surface area contributed by atoms with Crippen molar-refractivity contribution in [3.8, 4) is 0 Å². The highest BCUT2D eigenvalue weighted by Crippen LogP contribution is 2.33. The van der Waals surface area contributed by atoms with Crippen LogP contribution in [0, 0.1) is 6.92 Å². The minimum Gasteiger partial charge on any atom is -0.258 e. The minimum absolute atomic E-state index is 0.736. The molecule has 64 valence electrons. The molecule has 0 saturated heterocycles. The van der Waals surface area contributed by atoms with E-state index in [1.165, 1.54) is 30.5 Å². The second-order valence-corrected chi connectivity index (χ2v) is 3.64. The summed E-state index contributed by atoms with van der Waals surface area (Å²) >= 11 is 0. The van der Waals surface area contributed by atoms with Gasteiger partial charge in [0, 0.05) is 17.3 Å². The Morgan fingerprint density at radius 1 is 1.50 bits per heavy atom. The molecule has 1 aliphatic rings. The van der Waals surface area contributed by atoms with E-state index in [0.29, 0.717) is 0 Å². The lowest BCUT2D eigenvalue weighted by Crippen LogP contribution is -1.96. The molecule has 0 saturated carbocycles. The molecule has 1 aliphatic carbocycles. The molecule has 0 radical (unpaired) electrons. The van der Waals surface area contributed by atoms with Crippen molar-refractivity contribution in [2.75, 3.05) is 0 Å². The van der Waals surface area contributed by atoms with Gasteiger partial charge in [-0.1, -0.05) is 13.0 Å². The van der Waals surface area contributed by atoms with Crippen molar-refractivity contribution < 1.29 is 0 Å². The van der Waals surface area contributed by atoms with Crippen molar-refractivity contribution >= 4 is 0 Å². The average molecular weight is 161 g/mol. The Morgan fingerprint density at radius 3 is 3.08 bits per heavy atom. The Bertz CT molecular complexity index is 291. The molecule has 0 N–H and O–H groups in total. The van der Waals surface area contributed by atoms with E-state index >= 15 is 0 Å². The topological polar surface area (TPSA) is 12.9 Å². The van der Waals surface area contributed by atoms with Crippen LogP contribution in [0.15, 0.2) is 12.1 Å². The molecular weight excluding hydrogens is 146 g/mol. The van der Waals surface area contributed by atoms with Gasteiger partial charge in [-0.15, -0.1) is 0 Å². The summed E-state index contributed by atoms with van der Waals surface area (Å²) in [6.07, 6.45) is 3.78. The normalized spacial score (nSPS) is 21.0. The van der Waals surface area contributed by atoms with Crippen LogP contribution in [0.25, 0.3) is 0 Å². The van der Waals surface area contributed by atoms with Gasteiger partial charge in [-0.25, -0.2) is 0 Å². The first-order chi connectivity index (χ1) is 5.81. The van der Waals surface area contributed by atoms with Crippen molar-refractivity contribution in [1.82, 2.24) is 4.98 Å². The van der Waals surface area contributed by atoms with Gasteiger partial charge >= 0.3 is 0 Å². The van der Waals surface area contributed by atoms with Crippen LogP contribution < -0.4 is 0 Å². The molecule has 1 nitrogen and oxygen atoms in total. The first-order valence-electron chi connectivity index (χ1n) is 4.77. The molecule has 0 unspecified atom stereocenters. The number of aryl methyl sites for hydroxylation is 2. The van der Waals surface area contributed by atoms with Crippen LogP contribution in [0.3, 0.4) is 0 Å². The zero-order valence-corrected chi connectivity index (χ0v) is 7.80. The Morgan fingerprint density at radius 2 is 2.33 bits per heavy atom. The summed E-state index contributed by atoms with van der Waals surface area (Å²) in [5.74, 6) is 0.736. The highest BCUT2D eigenvalue weighted by Gasteiger charge is 2.21. The minimum atomic E-state index is 0.736. The maximum Gasteiger partial charge on any atom is 0.0469 e. The van der Waals surface area contributed by atoms with Crippen molar-refractivity contribution in [1.29, 1.82) is 0 Å². The lowest BCUT2D eigenvalue weighted by molar-refractivity contribution is 0.641. The van der Waals surface area contributed by atoms with E-state index in [-0.39, 0.29) is 0 Å². The van der Waals surface area contributed by atoms with E-state index in [4.69, 9.17) is 0 Å². The molecule has 2 rings (SSSR count). The SMILES string of the molecule is CC[C@H]1CCc2ccc(C)nc21. The van der Waals surface area contributed by atoms with Gasteiger partial charge in [0.1, 0.15) is 0 Å². The fraction of sp³-hybridized carbons (Fsp3) is 0.545. The van der Waals surface area contributed by atoms with Crippen LogP contribution in [-0.2, 0) is 6.42 Å². The molecule has 0 aromatic carbocycles. The van der Waals surface area contributed by atoms with Crippen LogP contribution in [0.5, 0.6) is 0 Å². The van der Waals surface area contributed by atoms with Gasteiger partial charge in [-0.3, -0.25) is 4.98 Å². The zero-order valence-electron chi connectivity index (χ0n) is 7.80. The molecule has 1 heteroatoms. The highest BCUT2D eigenvalue weighted by atomic mass is 14.7. The van der Waals surface area contributed by atoms with Crippen LogP contribution in [0.1, 0.15) is 42.6 Å². The number of hydrogen-bond acceptors (Lipinski definition) is 1. The lowest BCUT2D eigenvalue weighted by Gasteiger charge is -2.06. The Kier molecular flexibility index (Phi) is 1.87. The standard InChI is InChI=1S/C11H15N/c1-3-9-6-7-10-5-4-8(2)12-11(9)10/h4-5,9H,3,6-7H2,1-2H3/t9-/m0/s1. The van der Waals surface area contributed by atoms with Gasteiger partial charge < -0.3 is 0 Å². The summed E-state index contributed by atoms with van der Waals surface area (Å²) in [5, 5.41) is 0. The molecule has 1 heterocycles. The fourth-order valence-electron chi connectivity index (χ4n) is 2.03. The van der Waals surface area contributed by atoms with E-state index in [1.54, 1.807) is 0 Å². The average Bonchev–Trinajstić information content (AvgIpc) is 2.46. The summed E-state index contributed by atoms with van der Waals surface area (Å²) in [6.45, 7) is 4.33. The summed E-state index contributed by atoms with van der Waals surface area (Å²) in [7, 11) is 0. The first kappa shape index (κ1) is 7.78. The molecular formula is C11H15N. The van der Waals surface area contributed by atoms with Crippen LogP contribution in [0.2, 0.25) is 0 Å². The van der Waals surface area contributed by atoms with Crippen LogP contribution in [0.4, 0.5) is 0 Å². The lowest BCUT2D eigenvalue weighted by atomic mass is 10.0. The number of fused-ring (bicyclic) bond motifs is 1. The van der Waals surface area contributed by atoms with E-state index in [2.05, 4.69) is 31.0 Å². The van der Waals surface area contributed by atoms with Gasteiger partial charge in [0.05, 0.1) is 0 Å². The quantitative estimate of drug-likeness (QED) is 0.617. The Balaban J connectivity index is 2.42. The Hall–Kier alpha value is -0.850. The smallest absolute Gasteiger partial charge is 0.0469 e. The molecule has 0 bridgehead atoms. The van der Waals surface area contributed by atoms with E-state index < -0.39 is 0 Å². The van der Waals surface area contributed by atoms with Gasteiger partial charge in [0.25, 0.3) is 0 Å². The molecule has 0 amide bonds. The van der Waals surface area contributed by atoms with Crippen LogP contribution in [-0.4, -0.2) is 4.98 Å². The predicted octanol–water partition coefficient (Wildman–Crippen LogP) is 2.83. The zero-order chi connectivity index (χ0) is 8.55. The van der Waals surface area contributed by atoms with E-state index in [9.17, 15) is 0 Å². The summed E-state index contributed by atoms with van der Waals surface area (Å²) in [5.41, 5.74) is 4.01. The van der Waals surface area contributed by atoms with E-state index in [0.717, 1.165) is 11.6 Å². The molecule has 0 aliphatic heterocycles. The van der Waals surface area contributed by atoms with Gasteiger partial charge in [0.15, 0.2) is 0 Å². The predicted molar refractivity (Wildman–Crippen MR) is 50.3 cm³/mol. The second kappa shape index (κ2) is 2.89. The van der Waals surface area contributed by atoms with E-state index in [1.807, 2.05) is 0 Å². The molecule has 0 fully saturated rings.